The molecule has 2 heterocycles. The van der Waals surface area contributed by atoms with Crippen LogP contribution < -0.4 is 4.74 Å². The Hall–Kier alpha value is -4.00. The number of pyridine rings is 1. The smallest absolute Gasteiger partial charge is 0.254 e. The number of carbonyl (C=O) groups excluding carboxylic acids is 2. The van der Waals surface area contributed by atoms with Crippen LogP contribution in [0.25, 0.3) is 22.0 Å². The van der Waals surface area contributed by atoms with E-state index >= 15 is 0 Å². The molecule has 32 heavy (non-hydrogen) atoms. The average molecular weight is 428 g/mol. The number of hydrogen-bond donors (Lipinski definition) is 1. The molecule has 0 saturated heterocycles. The molecular formula is C25H24N4O3. The molecular weight excluding hydrogens is 404 g/mol. The average Bonchev–Trinajstić information content (AvgIpc) is 3.32. The van der Waals surface area contributed by atoms with Gasteiger partial charge in [0, 0.05) is 47.9 Å². The second-order valence-corrected chi connectivity index (χ2v) is 7.41. The number of hydrogen-bond acceptors (Lipinski definition) is 5. The van der Waals surface area contributed by atoms with Crippen LogP contribution in [0.3, 0.4) is 0 Å². The summed E-state index contributed by atoms with van der Waals surface area (Å²) in [4.78, 5) is 30.7. The van der Waals surface area contributed by atoms with E-state index < -0.39 is 6.04 Å². The first kappa shape index (κ1) is 21.2. The molecule has 162 valence electrons. The zero-order valence-electron chi connectivity index (χ0n) is 18.0. The van der Waals surface area contributed by atoms with Gasteiger partial charge in [-0.3, -0.25) is 14.9 Å². The van der Waals surface area contributed by atoms with Crippen molar-refractivity contribution >= 4 is 23.1 Å². The van der Waals surface area contributed by atoms with Gasteiger partial charge in [0.2, 0.25) is 0 Å². The van der Waals surface area contributed by atoms with E-state index in [0.29, 0.717) is 17.9 Å². The SMILES string of the molecule is CCOc1cc(C(=O)N(C)[C@H](CC=O)c2cncc3cn[nH]c23)ccc1-c1ccccc1. The van der Waals surface area contributed by atoms with Crippen molar-refractivity contribution in [2.45, 2.75) is 19.4 Å². The van der Waals surface area contributed by atoms with Crippen LogP contribution in [0.1, 0.15) is 35.3 Å². The van der Waals surface area contributed by atoms with Crippen molar-refractivity contribution in [3.63, 3.8) is 0 Å². The third-order valence-corrected chi connectivity index (χ3v) is 5.46. The number of H-pyrrole nitrogens is 1. The molecule has 0 radical (unpaired) electrons. The molecule has 0 bridgehead atoms. The topological polar surface area (TPSA) is 88.2 Å². The summed E-state index contributed by atoms with van der Waals surface area (Å²) < 4.78 is 5.85. The van der Waals surface area contributed by atoms with Crippen molar-refractivity contribution in [2.75, 3.05) is 13.7 Å². The number of benzene rings is 2. The Morgan fingerprint density at radius 3 is 2.72 bits per heavy atom. The summed E-state index contributed by atoms with van der Waals surface area (Å²) in [5, 5.41) is 7.84. The largest absolute Gasteiger partial charge is 0.493 e. The predicted molar refractivity (Wildman–Crippen MR) is 122 cm³/mol. The summed E-state index contributed by atoms with van der Waals surface area (Å²) in [5.41, 5.74) is 3.92. The van der Waals surface area contributed by atoms with Gasteiger partial charge in [-0.25, -0.2) is 0 Å². The van der Waals surface area contributed by atoms with Crippen LogP contribution >= 0.6 is 0 Å². The van der Waals surface area contributed by atoms with Gasteiger partial charge in [-0.15, -0.1) is 0 Å². The molecule has 1 amide bonds. The highest BCUT2D eigenvalue weighted by molar-refractivity contribution is 5.96. The van der Waals surface area contributed by atoms with Crippen LogP contribution in [0.5, 0.6) is 5.75 Å². The number of nitrogens with one attached hydrogen (secondary N) is 1. The monoisotopic (exact) mass is 428 g/mol. The normalized spacial score (nSPS) is 11.8. The first-order valence-corrected chi connectivity index (χ1v) is 10.4. The molecule has 2 aromatic heterocycles. The lowest BCUT2D eigenvalue weighted by molar-refractivity contribution is -0.108. The summed E-state index contributed by atoms with van der Waals surface area (Å²) >= 11 is 0. The molecule has 7 heteroatoms. The predicted octanol–water partition coefficient (Wildman–Crippen LogP) is 4.43. The molecule has 0 spiro atoms. The van der Waals surface area contributed by atoms with E-state index in [1.807, 2.05) is 43.3 Å². The fraction of sp³-hybridized carbons (Fsp3) is 0.200. The maximum atomic E-state index is 13.4. The summed E-state index contributed by atoms with van der Waals surface area (Å²) in [6, 6.07) is 14.9. The Kier molecular flexibility index (Phi) is 6.26. The van der Waals surface area contributed by atoms with Gasteiger partial charge in [-0.05, 0) is 30.7 Å². The van der Waals surface area contributed by atoms with E-state index in [4.69, 9.17) is 4.74 Å². The van der Waals surface area contributed by atoms with Gasteiger partial charge in [0.1, 0.15) is 12.0 Å². The van der Waals surface area contributed by atoms with Gasteiger partial charge in [-0.2, -0.15) is 5.10 Å². The van der Waals surface area contributed by atoms with Crippen LogP contribution in [-0.4, -0.2) is 45.9 Å². The van der Waals surface area contributed by atoms with Gasteiger partial charge in [0.25, 0.3) is 5.91 Å². The minimum Gasteiger partial charge on any atom is -0.493 e. The van der Waals surface area contributed by atoms with Crippen molar-refractivity contribution in [3.8, 4) is 16.9 Å². The van der Waals surface area contributed by atoms with Crippen molar-refractivity contribution in [3.05, 3.63) is 78.2 Å². The van der Waals surface area contributed by atoms with Crippen LogP contribution in [0.2, 0.25) is 0 Å². The molecule has 0 aliphatic heterocycles. The van der Waals surface area contributed by atoms with Crippen LogP contribution in [-0.2, 0) is 4.79 Å². The van der Waals surface area contributed by atoms with E-state index in [1.165, 1.54) is 0 Å². The minimum absolute atomic E-state index is 0.141. The maximum Gasteiger partial charge on any atom is 0.254 e. The Balaban J connectivity index is 1.70. The molecule has 0 aliphatic rings. The lowest BCUT2D eigenvalue weighted by atomic mass is 10.00. The molecule has 1 N–H and O–H groups in total. The highest BCUT2D eigenvalue weighted by atomic mass is 16.5. The van der Waals surface area contributed by atoms with E-state index in [2.05, 4.69) is 15.2 Å². The second kappa shape index (κ2) is 9.43. The molecule has 0 unspecified atom stereocenters. The molecule has 2 aromatic carbocycles. The third-order valence-electron chi connectivity index (χ3n) is 5.46. The summed E-state index contributed by atoms with van der Waals surface area (Å²) in [6.07, 6.45) is 5.99. The third kappa shape index (κ3) is 4.09. The summed E-state index contributed by atoms with van der Waals surface area (Å²) in [6.45, 7) is 2.39. The van der Waals surface area contributed by atoms with Gasteiger partial charge in [0.05, 0.1) is 24.4 Å². The molecule has 1 atom stereocenters. The Bertz CT molecular complexity index is 1240. The van der Waals surface area contributed by atoms with E-state index in [0.717, 1.165) is 33.9 Å². The molecule has 4 rings (SSSR count). The fourth-order valence-corrected chi connectivity index (χ4v) is 3.86. The fourth-order valence-electron chi connectivity index (χ4n) is 3.86. The molecule has 0 saturated carbocycles. The number of ether oxygens (including phenoxy) is 1. The Labute approximate surface area is 186 Å². The second-order valence-electron chi connectivity index (χ2n) is 7.41. The molecule has 0 aliphatic carbocycles. The first-order valence-electron chi connectivity index (χ1n) is 10.4. The lowest BCUT2D eigenvalue weighted by Crippen LogP contribution is -2.32. The number of amides is 1. The van der Waals surface area contributed by atoms with Crippen LogP contribution in [0.15, 0.2) is 67.1 Å². The van der Waals surface area contributed by atoms with Crippen LogP contribution in [0.4, 0.5) is 0 Å². The van der Waals surface area contributed by atoms with Gasteiger partial charge >= 0.3 is 0 Å². The minimum atomic E-state index is -0.485. The number of rotatable bonds is 8. The number of nitrogens with zero attached hydrogens (tertiary/aromatic N) is 3. The van der Waals surface area contributed by atoms with Crippen molar-refractivity contribution in [1.82, 2.24) is 20.1 Å². The van der Waals surface area contributed by atoms with Crippen molar-refractivity contribution in [2.24, 2.45) is 0 Å². The lowest BCUT2D eigenvalue weighted by Gasteiger charge is -2.27. The van der Waals surface area contributed by atoms with Gasteiger partial charge in [-0.1, -0.05) is 30.3 Å². The molecule has 4 aromatic rings. The van der Waals surface area contributed by atoms with Crippen molar-refractivity contribution < 1.29 is 14.3 Å². The number of aldehydes is 1. The number of carbonyl (C=O) groups is 2. The van der Waals surface area contributed by atoms with Gasteiger partial charge < -0.3 is 14.4 Å². The summed E-state index contributed by atoms with van der Waals surface area (Å²) in [7, 11) is 1.69. The zero-order chi connectivity index (χ0) is 22.5. The Morgan fingerprint density at radius 1 is 1.16 bits per heavy atom. The number of aromatic amines is 1. The molecule has 7 nitrogen and oxygen atoms in total. The van der Waals surface area contributed by atoms with E-state index in [-0.39, 0.29) is 12.3 Å². The maximum absolute atomic E-state index is 13.4. The zero-order valence-corrected chi connectivity index (χ0v) is 18.0. The Morgan fingerprint density at radius 2 is 1.97 bits per heavy atom. The quantitative estimate of drug-likeness (QED) is 0.420. The number of aromatic nitrogens is 3. The van der Waals surface area contributed by atoms with Crippen LogP contribution in [0, 0.1) is 0 Å². The van der Waals surface area contributed by atoms with Crippen molar-refractivity contribution in [1.29, 1.82) is 0 Å². The van der Waals surface area contributed by atoms with E-state index in [9.17, 15) is 9.59 Å². The van der Waals surface area contributed by atoms with Gasteiger partial charge in [0.15, 0.2) is 0 Å². The number of fused-ring (bicyclic) bond motifs is 1. The van der Waals surface area contributed by atoms with E-state index in [1.54, 1.807) is 42.7 Å². The molecule has 0 fully saturated rings. The highest BCUT2D eigenvalue weighted by Gasteiger charge is 2.26. The highest BCUT2D eigenvalue weighted by Crippen LogP contribution is 2.33. The standard InChI is InChI=1S/C25H24N4O3/c1-3-32-23-13-18(9-10-20(23)17-7-5-4-6-8-17)25(31)29(2)22(11-12-30)21-16-26-14-19-15-27-28-24(19)21/h4-10,12-16,22H,3,11H2,1-2H3,(H,27,28)/t22-/m1/s1. The first-order chi connectivity index (χ1) is 15.6. The summed E-state index contributed by atoms with van der Waals surface area (Å²) in [5.74, 6) is 0.427.